The summed E-state index contributed by atoms with van der Waals surface area (Å²) in [5.41, 5.74) is 2.44. The van der Waals surface area contributed by atoms with Gasteiger partial charge in [-0.3, -0.25) is 4.79 Å². The summed E-state index contributed by atoms with van der Waals surface area (Å²) >= 11 is 0. The molecule has 2 aromatic rings. The number of rotatable bonds is 5. The zero-order chi connectivity index (χ0) is 17.8. The monoisotopic (exact) mass is 340 g/mol. The summed E-state index contributed by atoms with van der Waals surface area (Å²) in [7, 11) is 1.29. The van der Waals surface area contributed by atoms with Crippen molar-refractivity contribution in [3.05, 3.63) is 53.2 Å². The number of amides is 1. The average molecular weight is 340 g/mol. The predicted octanol–water partition coefficient (Wildman–Crippen LogP) is 1.78. The van der Waals surface area contributed by atoms with Gasteiger partial charge in [0.2, 0.25) is 5.91 Å². The minimum absolute atomic E-state index is 0.0411. The van der Waals surface area contributed by atoms with E-state index in [1.54, 1.807) is 6.07 Å². The van der Waals surface area contributed by atoms with Crippen LogP contribution in [0.5, 0.6) is 0 Å². The number of carbonyl (C=O) groups excluding carboxylic acids is 2. The van der Waals surface area contributed by atoms with Crippen LogP contribution < -0.4 is 5.32 Å². The van der Waals surface area contributed by atoms with Crippen LogP contribution in [-0.2, 0) is 16.1 Å². The molecule has 0 saturated carbocycles. The summed E-state index contributed by atoms with van der Waals surface area (Å²) in [6.45, 7) is 3.33. The Hall–Kier alpha value is -2.96. The molecule has 1 aromatic heterocycles. The van der Waals surface area contributed by atoms with Gasteiger partial charge >= 0.3 is 5.97 Å². The number of methoxy groups -OCH3 is 1. The molecule has 2 heterocycles. The van der Waals surface area contributed by atoms with Crippen molar-refractivity contribution in [1.29, 1.82) is 0 Å². The molecule has 0 radical (unpaired) electrons. The third-order valence-corrected chi connectivity index (χ3v) is 4.17. The van der Waals surface area contributed by atoms with E-state index in [9.17, 15) is 9.59 Å². The lowest BCUT2D eigenvalue weighted by molar-refractivity contribution is -0.128. The molecule has 1 unspecified atom stereocenters. The number of nitrogens with one attached hydrogen (secondary N) is 1. The highest BCUT2D eigenvalue weighted by atomic mass is 16.5. The van der Waals surface area contributed by atoms with Crippen molar-refractivity contribution in [3.8, 4) is 0 Å². The summed E-state index contributed by atoms with van der Waals surface area (Å²) in [5, 5.41) is 10.8. The van der Waals surface area contributed by atoms with Crippen LogP contribution in [0.1, 0.15) is 28.0 Å². The Morgan fingerprint density at radius 2 is 2.00 bits per heavy atom. The Morgan fingerprint density at radius 1 is 1.24 bits per heavy atom. The number of esters is 1. The number of aromatic nitrogens is 2. The quantitative estimate of drug-likeness (QED) is 0.835. The number of benzene rings is 1. The van der Waals surface area contributed by atoms with Crippen LogP contribution >= 0.6 is 0 Å². The van der Waals surface area contributed by atoms with Gasteiger partial charge in [-0.05, 0) is 31.0 Å². The van der Waals surface area contributed by atoms with Gasteiger partial charge in [0.1, 0.15) is 11.9 Å². The standard InChI is InChI=1S/C18H20N4O3/c1-12-3-5-13(6-4-12)11-22-10-9-14(17(22)23)19-16-8-7-15(20-21-16)18(24)25-2/h3-8,14H,9-11H2,1-2H3,(H,19,21). The van der Waals surface area contributed by atoms with E-state index >= 15 is 0 Å². The summed E-state index contributed by atoms with van der Waals surface area (Å²) in [4.78, 5) is 25.7. The zero-order valence-corrected chi connectivity index (χ0v) is 14.2. The second-order valence-corrected chi connectivity index (χ2v) is 6.03. The summed E-state index contributed by atoms with van der Waals surface area (Å²) in [6, 6.07) is 11.0. The number of nitrogens with zero attached hydrogens (tertiary/aromatic N) is 3. The Bertz CT molecular complexity index is 759. The lowest BCUT2D eigenvalue weighted by Gasteiger charge is -2.17. The number of ether oxygens (including phenoxy) is 1. The van der Waals surface area contributed by atoms with Gasteiger partial charge in [-0.1, -0.05) is 29.8 Å². The van der Waals surface area contributed by atoms with Crippen molar-refractivity contribution >= 4 is 17.7 Å². The van der Waals surface area contributed by atoms with Crippen LogP contribution in [0.4, 0.5) is 5.82 Å². The number of hydrogen-bond donors (Lipinski definition) is 1. The Kier molecular flexibility index (Phi) is 4.92. The number of likely N-dealkylation sites (tertiary alicyclic amines) is 1. The topological polar surface area (TPSA) is 84.4 Å². The van der Waals surface area contributed by atoms with Crippen molar-refractivity contribution in [3.63, 3.8) is 0 Å². The molecule has 7 heteroatoms. The Morgan fingerprint density at radius 3 is 2.64 bits per heavy atom. The van der Waals surface area contributed by atoms with Crippen LogP contribution in [-0.4, -0.2) is 46.7 Å². The Balaban J connectivity index is 1.60. The van der Waals surface area contributed by atoms with E-state index in [1.807, 2.05) is 36.1 Å². The van der Waals surface area contributed by atoms with Crippen LogP contribution in [0, 0.1) is 6.92 Å². The highest BCUT2D eigenvalue weighted by molar-refractivity contribution is 5.88. The molecule has 130 valence electrons. The smallest absolute Gasteiger partial charge is 0.358 e. The maximum absolute atomic E-state index is 12.5. The second-order valence-electron chi connectivity index (χ2n) is 6.03. The Labute approximate surface area is 146 Å². The van der Waals surface area contributed by atoms with E-state index in [1.165, 1.54) is 18.7 Å². The van der Waals surface area contributed by atoms with Crippen molar-refractivity contribution in [2.24, 2.45) is 0 Å². The van der Waals surface area contributed by atoms with Gasteiger partial charge in [0.15, 0.2) is 5.69 Å². The van der Waals surface area contributed by atoms with E-state index in [0.29, 0.717) is 25.3 Å². The summed E-state index contributed by atoms with van der Waals surface area (Å²) in [6.07, 6.45) is 0.700. The van der Waals surface area contributed by atoms with Crippen molar-refractivity contribution in [1.82, 2.24) is 15.1 Å². The van der Waals surface area contributed by atoms with Crippen LogP contribution in [0.15, 0.2) is 36.4 Å². The molecule has 1 aromatic carbocycles. The minimum Gasteiger partial charge on any atom is -0.464 e. The molecule has 1 amide bonds. The predicted molar refractivity (Wildman–Crippen MR) is 92.0 cm³/mol. The lowest BCUT2D eigenvalue weighted by atomic mass is 10.1. The molecule has 1 fully saturated rings. The molecular formula is C18H20N4O3. The summed E-state index contributed by atoms with van der Waals surface area (Å²) in [5.74, 6) is -0.0390. The van der Waals surface area contributed by atoms with Gasteiger partial charge in [-0.2, -0.15) is 0 Å². The molecule has 1 N–H and O–H groups in total. The first-order valence-electron chi connectivity index (χ1n) is 8.10. The molecule has 1 aliphatic rings. The minimum atomic E-state index is -0.541. The first kappa shape index (κ1) is 16.9. The van der Waals surface area contributed by atoms with Gasteiger partial charge in [0.25, 0.3) is 0 Å². The van der Waals surface area contributed by atoms with Crippen molar-refractivity contribution in [2.75, 3.05) is 19.0 Å². The number of aryl methyl sites for hydroxylation is 1. The zero-order valence-electron chi connectivity index (χ0n) is 14.2. The number of carbonyl (C=O) groups is 2. The number of hydrogen-bond acceptors (Lipinski definition) is 6. The largest absolute Gasteiger partial charge is 0.464 e. The SMILES string of the molecule is COC(=O)c1ccc(NC2CCN(Cc3ccc(C)cc3)C2=O)nn1. The van der Waals surface area contributed by atoms with Crippen molar-refractivity contribution < 1.29 is 14.3 Å². The molecule has 1 aliphatic heterocycles. The van der Waals surface area contributed by atoms with Crippen LogP contribution in [0.3, 0.4) is 0 Å². The fourth-order valence-corrected chi connectivity index (χ4v) is 2.74. The highest BCUT2D eigenvalue weighted by Gasteiger charge is 2.31. The van der Waals surface area contributed by atoms with E-state index < -0.39 is 5.97 Å². The normalized spacial score (nSPS) is 16.8. The second kappa shape index (κ2) is 7.29. The average Bonchev–Trinajstić information content (AvgIpc) is 2.97. The molecule has 0 spiro atoms. The first-order chi connectivity index (χ1) is 12.1. The van der Waals surface area contributed by atoms with E-state index in [4.69, 9.17) is 0 Å². The number of anilines is 1. The van der Waals surface area contributed by atoms with Gasteiger partial charge in [-0.25, -0.2) is 4.79 Å². The molecule has 0 aliphatic carbocycles. The van der Waals surface area contributed by atoms with E-state index in [-0.39, 0.29) is 17.6 Å². The molecule has 7 nitrogen and oxygen atoms in total. The first-order valence-corrected chi connectivity index (χ1v) is 8.10. The van der Waals surface area contributed by atoms with E-state index in [0.717, 1.165) is 5.56 Å². The molecule has 1 atom stereocenters. The summed E-state index contributed by atoms with van der Waals surface area (Å²) < 4.78 is 4.58. The molecule has 0 bridgehead atoms. The van der Waals surface area contributed by atoms with Crippen LogP contribution in [0.2, 0.25) is 0 Å². The maximum atomic E-state index is 12.5. The molecule has 25 heavy (non-hydrogen) atoms. The fourth-order valence-electron chi connectivity index (χ4n) is 2.74. The van der Waals surface area contributed by atoms with Gasteiger partial charge < -0.3 is 15.0 Å². The molecular weight excluding hydrogens is 320 g/mol. The molecule has 1 saturated heterocycles. The van der Waals surface area contributed by atoms with Gasteiger partial charge in [-0.15, -0.1) is 10.2 Å². The van der Waals surface area contributed by atoms with Crippen molar-refractivity contribution in [2.45, 2.75) is 25.9 Å². The van der Waals surface area contributed by atoms with Crippen LogP contribution in [0.25, 0.3) is 0 Å². The third-order valence-electron chi connectivity index (χ3n) is 4.17. The van der Waals surface area contributed by atoms with Gasteiger partial charge in [0.05, 0.1) is 7.11 Å². The fraction of sp³-hybridized carbons (Fsp3) is 0.333. The lowest BCUT2D eigenvalue weighted by Crippen LogP contribution is -2.33. The highest BCUT2D eigenvalue weighted by Crippen LogP contribution is 2.18. The maximum Gasteiger partial charge on any atom is 0.358 e. The third kappa shape index (κ3) is 3.93. The van der Waals surface area contributed by atoms with E-state index in [2.05, 4.69) is 20.3 Å². The van der Waals surface area contributed by atoms with Gasteiger partial charge in [0, 0.05) is 13.1 Å². The molecule has 3 rings (SSSR count).